The third-order valence-corrected chi connectivity index (χ3v) is 4.83. The lowest BCUT2D eigenvalue weighted by molar-refractivity contribution is 0.411. The summed E-state index contributed by atoms with van der Waals surface area (Å²) in [5, 5.41) is 0. The van der Waals surface area contributed by atoms with Crippen LogP contribution in [0, 0.1) is 0 Å². The molecule has 0 spiro atoms. The zero-order valence-corrected chi connectivity index (χ0v) is 15.3. The number of aromatic nitrogens is 2. The highest BCUT2D eigenvalue weighted by atomic mass is 16.5. The molecule has 1 aliphatic rings. The number of H-pyrrole nitrogens is 1. The summed E-state index contributed by atoms with van der Waals surface area (Å²) in [6.07, 6.45) is 5.11. The molecule has 0 amide bonds. The number of benzene rings is 1. The van der Waals surface area contributed by atoms with E-state index in [0.29, 0.717) is 5.69 Å². The van der Waals surface area contributed by atoms with Crippen molar-refractivity contribution < 1.29 is 4.74 Å². The fourth-order valence-corrected chi connectivity index (χ4v) is 3.55. The molecule has 132 valence electrons. The summed E-state index contributed by atoms with van der Waals surface area (Å²) in [7, 11) is 5.85. The maximum atomic E-state index is 12.2. The van der Waals surface area contributed by atoms with Gasteiger partial charge in [0.2, 0.25) is 0 Å². The molecule has 1 aromatic carbocycles. The van der Waals surface area contributed by atoms with Gasteiger partial charge in [0.1, 0.15) is 11.4 Å². The highest BCUT2D eigenvalue weighted by molar-refractivity contribution is 5.80. The Bertz CT molecular complexity index is 852. The number of methoxy groups -OCH3 is 1. The van der Waals surface area contributed by atoms with Gasteiger partial charge in [-0.25, -0.2) is 0 Å². The summed E-state index contributed by atoms with van der Waals surface area (Å²) in [5.41, 5.74) is 5.56. The van der Waals surface area contributed by atoms with Crippen LogP contribution in [0.15, 0.2) is 41.0 Å². The van der Waals surface area contributed by atoms with Crippen LogP contribution in [0.3, 0.4) is 0 Å². The molecule has 1 aromatic heterocycles. The number of rotatable bonds is 6. The van der Waals surface area contributed by atoms with Gasteiger partial charge in [-0.2, -0.15) is 0 Å². The molecule has 25 heavy (non-hydrogen) atoms. The monoisotopic (exact) mass is 339 g/mol. The molecular weight excluding hydrogens is 314 g/mol. The molecule has 1 aliphatic carbocycles. The van der Waals surface area contributed by atoms with E-state index in [9.17, 15) is 4.79 Å². The smallest absolute Gasteiger partial charge is 0.270 e. The van der Waals surface area contributed by atoms with Crippen molar-refractivity contribution in [1.29, 1.82) is 0 Å². The van der Waals surface area contributed by atoms with Crippen molar-refractivity contribution in [3.8, 4) is 5.75 Å². The second kappa shape index (κ2) is 7.23. The third kappa shape index (κ3) is 3.51. The maximum absolute atomic E-state index is 12.2. The van der Waals surface area contributed by atoms with E-state index in [1.54, 1.807) is 19.5 Å². The van der Waals surface area contributed by atoms with Crippen molar-refractivity contribution in [3.05, 3.63) is 63.3 Å². The van der Waals surface area contributed by atoms with Crippen molar-refractivity contribution >= 4 is 5.57 Å². The van der Waals surface area contributed by atoms with Crippen molar-refractivity contribution in [2.75, 3.05) is 27.7 Å². The van der Waals surface area contributed by atoms with Crippen LogP contribution >= 0.6 is 0 Å². The van der Waals surface area contributed by atoms with Crippen LogP contribution in [0.25, 0.3) is 5.57 Å². The summed E-state index contributed by atoms with van der Waals surface area (Å²) < 4.78 is 5.38. The normalized spacial score (nSPS) is 14.8. The molecule has 0 saturated heterocycles. The van der Waals surface area contributed by atoms with Crippen LogP contribution in [-0.4, -0.2) is 42.6 Å². The molecule has 2 aromatic rings. The van der Waals surface area contributed by atoms with Crippen molar-refractivity contribution in [1.82, 2.24) is 14.9 Å². The van der Waals surface area contributed by atoms with Crippen LogP contribution in [-0.2, 0) is 6.42 Å². The molecule has 0 aliphatic heterocycles. The van der Waals surface area contributed by atoms with Gasteiger partial charge in [-0.1, -0.05) is 18.6 Å². The Labute approximate surface area is 148 Å². The van der Waals surface area contributed by atoms with E-state index >= 15 is 0 Å². The third-order valence-electron chi connectivity index (χ3n) is 4.83. The van der Waals surface area contributed by atoms with Gasteiger partial charge in [0.05, 0.1) is 7.11 Å². The maximum Gasteiger partial charge on any atom is 0.270 e. The molecule has 5 nitrogen and oxygen atoms in total. The van der Waals surface area contributed by atoms with E-state index in [1.165, 1.54) is 22.3 Å². The molecule has 1 atom stereocenters. The largest absolute Gasteiger partial charge is 0.497 e. The molecular formula is C20H25N3O2. The molecule has 1 N–H and O–H groups in total. The summed E-state index contributed by atoms with van der Waals surface area (Å²) in [4.78, 5) is 21.5. The first-order valence-electron chi connectivity index (χ1n) is 8.58. The Kier molecular flexibility index (Phi) is 5.04. The van der Waals surface area contributed by atoms with Gasteiger partial charge in [0.15, 0.2) is 0 Å². The van der Waals surface area contributed by atoms with E-state index in [2.05, 4.69) is 48.0 Å². The van der Waals surface area contributed by atoms with Gasteiger partial charge >= 0.3 is 0 Å². The fraction of sp³-hybridized carbons (Fsp3) is 0.400. The molecule has 1 unspecified atom stereocenters. The standard InChI is InChI=1S/C20H25N3O2/c1-13(19-20(24)22-9-8-21-19)18-14(7-10-23(2)3)11-15-12-16(25-4)5-6-17(15)18/h5-6,8-9,12-13H,7,10-11H2,1-4H3,(H,22,24). The quantitative estimate of drug-likeness (QED) is 0.879. The SMILES string of the molecule is COc1ccc2c(c1)CC(CCN(C)C)=C2C(C)c1ncc[nH]c1=O. The molecule has 0 fully saturated rings. The van der Waals surface area contributed by atoms with Gasteiger partial charge in [-0.3, -0.25) is 9.78 Å². The van der Waals surface area contributed by atoms with E-state index < -0.39 is 0 Å². The number of aromatic amines is 1. The number of ether oxygens (including phenoxy) is 1. The summed E-state index contributed by atoms with van der Waals surface area (Å²) in [5.74, 6) is 0.826. The average Bonchev–Trinajstić information content (AvgIpc) is 2.97. The van der Waals surface area contributed by atoms with Crippen LogP contribution < -0.4 is 10.3 Å². The van der Waals surface area contributed by atoms with Crippen LogP contribution in [0.1, 0.15) is 36.1 Å². The number of fused-ring (bicyclic) bond motifs is 1. The highest BCUT2D eigenvalue weighted by Crippen LogP contribution is 2.43. The first-order valence-corrected chi connectivity index (χ1v) is 8.58. The summed E-state index contributed by atoms with van der Waals surface area (Å²) in [6, 6.07) is 6.20. The van der Waals surface area contributed by atoms with E-state index in [0.717, 1.165) is 25.1 Å². The molecule has 3 rings (SSSR count). The lowest BCUT2D eigenvalue weighted by atomic mass is 9.90. The van der Waals surface area contributed by atoms with Crippen LogP contribution in [0.2, 0.25) is 0 Å². The lowest BCUT2D eigenvalue weighted by Gasteiger charge is -2.17. The number of hydrogen-bond acceptors (Lipinski definition) is 4. The molecule has 5 heteroatoms. The van der Waals surface area contributed by atoms with Crippen molar-refractivity contribution in [3.63, 3.8) is 0 Å². The predicted octanol–water partition coefficient (Wildman–Crippen LogP) is 2.84. The van der Waals surface area contributed by atoms with Crippen molar-refractivity contribution in [2.45, 2.75) is 25.7 Å². The number of hydrogen-bond donors (Lipinski definition) is 1. The molecule has 0 bridgehead atoms. The van der Waals surface area contributed by atoms with Gasteiger partial charge in [-0.05, 0) is 55.8 Å². The van der Waals surface area contributed by atoms with Gasteiger partial charge < -0.3 is 14.6 Å². The van der Waals surface area contributed by atoms with Crippen molar-refractivity contribution in [2.24, 2.45) is 0 Å². The zero-order chi connectivity index (χ0) is 18.0. The minimum Gasteiger partial charge on any atom is -0.497 e. The topological polar surface area (TPSA) is 58.2 Å². The Morgan fingerprint density at radius 3 is 2.84 bits per heavy atom. The first-order chi connectivity index (χ1) is 12.0. The second-order valence-corrected chi connectivity index (χ2v) is 6.80. The van der Waals surface area contributed by atoms with Gasteiger partial charge in [0, 0.05) is 24.9 Å². The highest BCUT2D eigenvalue weighted by Gasteiger charge is 2.28. The first kappa shape index (κ1) is 17.4. The number of nitrogens with zero attached hydrogens (tertiary/aromatic N) is 2. The minimum atomic E-state index is -0.114. The summed E-state index contributed by atoms with van der Waals surface area (Å²) in [6.45, 7) is 3.05. The molecule has 1 heterocycles. The zero-order valence-electron chi connectivity index (χ0n) is 15.3. The van der Waals surface area contributed by atoms with Gasteiger partial charge in [-0.15, -0.1) is 0 Å². The lowest BCUT2D eigenvalue weighted by Crippen LogP contribution is -2.18. The Morgan fingerprint density at radius 2 is 2.16 bits per heavy atom. The van der Waals surface area contributed by atoms with Crippen LogP contribution in [0.5, 0.6) is 5.75 Å². The second-order valence-electron chi connectivity index (χ2n) is 6.80. The van der Waals surface area contributed by atoms with Crippen LogP contribution in [0.4, 0.5) is 0 Å². The Hall–Kier alpha value is -2.40. The van der Waals surface area contributed by atoms with Gasteiger partial charge in [0.25, 0.3) is 5.56 Å². The van der Waals surface area contributed by atoms with E-state index in [-0.39, 0.29) is 11.5 Å². The Balaban J connectivity index is 2.05. The fourth-order valence-electron chi connectivity index (χ4n) is 3.55. The number of nitrogens with one attached hydrogen (secondary N) is 1. The summed E-state index contributed by atoms with van der Waals surface area (Å²) >= 11 is 0. The minimum absolute atomic E-state index is 0.0447. The van der Waals surface area contributed by atoms with E-state index in [1.807, 2.05) is 6.07 Å². The van der Waals surface area contributed by atoms with E-state index in [4.69, 9.17) is 4.74 Å². The molecule has 0 radical (unpaired) electrons. The Morgan fingerprint density at radius 1 is 1.36 bits per heavy atom. The molecule has 0 saturated carbocycles. The number of allylic oxidation sites excluding steroid dienone is 1. The average molecular weight is 339 g/mol. The predicted molar refractivity (Wildman–Crippen MR) is 100 cm³/mol.